The van der Waals surface area contributed by atoms with Crippen molar-refractivity contribution in [1.82, 2.24) is 14.8 Å². The van der Waals surface area contributed by atoms with Gasteiger partial charge in [0.2, 0.25) is 0 Å². The second-order valence-electron chi connectivity index (χ2n) is 6.43. The molecule has 0 fully saturated rings. The molecular formula is C20H17FN4O3. The van der Waals surface area contributed by atoms with Crippen molar-refractivity contribution in [1.29, 1.82) is 0 Å². The summed E-state index contributed by atoms with van der Waals surface area (Å²) in [6, 6.07) is 10.7. The minimum atomic E-state index is -1.01. The Labute approximate surface area is 160 Å². The number of fused-ring (bicyclic) bond motifs is 3. The Balaban J connectivity index is 2.04. The molecule has 142 valence electrons. The molecule has 3 aromatic rings. The number of aromatic nitrogens is 3. The van der Waals surface area contributed by atoms with Crippen molar-refractivity contribution in [3.63, 3.8) is 0 Å². The molecule has 28 heavy (non-hydrogen) atoms. The number of aryl methyl sites for hydroxylation is 1. The minimum absolute atomic E-state index is 0.262. The van der Waals surface area contributed by atoms with E-state index in [1.807, 2.05) is 6.07 Å². The van der Waals surface area contributed by atoms with Gasteiger partial charge in [-0.2, -0.15) is 0 Å². The van der Waals surface area contributed by atoms with E-state index < -0.39 is 17.8 Å². The van der Waals surface area contributed by atoms with E-state index in [1.165, 1.54) is 12.1 Å². The number of methoxy groups -OCH3 is 1. The first-order valence-corrected chi connectivity index (χ1v) is 8.64. The molecule has 8 heteroatoms. The van der Waals surface area contributed by atoms with Crippen LogP contribution in [-0.2, 0) is 4.79 Å². The van der Waals surface area contributed by atoms with Crippen LogP contribution in [0.3, 0.4) is 0 Å². The SMILES string of the molecule is COc1ccc2c(c1)C(c1cccc(F)c1)=N[C@@H](CC(=O)O)c1nnc(C)n1-2. The van der Waals surface area contributed by atoms with Gasteiger partial charge in [-0.15, -0.1) is 10.2 Å². The molecule has 1 atom stereocenters. The smallest absolute Gasteiger partial charge is 0.306 e. The van der Waals surface area contributed by atoms with Crippen molar-refractivity contribution in [2.45, 2.75) is 19.4 Å². The van der Waals surface area contributed by atoms with E-state index in [9.17, 15) is 14.3 Å². The van der Waals surface area contributed by atoms with Gasteiger partial charge in [-0.05, 0) is 37.3 Å². The average Bonchev–Trinajstić information content (AvgIpc) is 2.99. The van der Waals surface area contributed by atoms with Crippen molar-refractivity contribution in [3.05, 3.63) is 71.1 Å². The second kappa shape index (κ2) is 6.88. The second-order valence-corrected chi connectivity index (χ2v) is 6.43. The van der Waals surface area contributed by atoms with Crippen molar-refractivity contribution in [2.24, 2.45) is 4.99 Å². The van der Waals surface area contributed by atoms with Gasteiger partial charge in [-0.25, -0.2) is 4.39 Å². The number of hydrogen-bond donors (Lipinski definition) is 1. The summed E-state index contributed by atoms with van der Waals surface area (Å²) >= 11 is 0. The third-order valence-corrected chi connectivity index (χ3v) is 4.60. The summed E-state index contributed by atoms with van der Waals surface area (Å²) in [5.74, 6) is 0.222. The summed E-state index contributed by atoms with van der Waals surface area (Å²) in [4.78, 5) is 16.1. The van der Waals surface area contributed by atoms with Gasteiger partial charge in [0.25, 0.3) is 0 Å². The van der Waals surface area contributed by atoms with Crippen molar-refractivity contribution in [3.8, 4) is 11.4 Å². The van der Waals surface area contributed by atoms with Gasteiger partial charge < -0.3 is 9.84 Å². The Morgan fingerprint density at radius 3 is 2.79 bits per heavy atom. The zero-order valence-electron chi connectivity index (χ0n) is 15.3. The van der Waals surface area contributed by atoms with Gasteiger partial charge >= 0.3 is 5.97 Å². The minimum Gasteiger partial charge on any atom is -0.497 e. The van der Waals surface area contributed by atoms with Crippen molar-refractivity contribution in [2.75, 3.05) is 7.11 Å². The van der Waals surface area contributed by atoms with E-state index in [0.29, 0.717) is 34.2 Å². The van der Waals surface area contributed by atoms with E-state index >= 15 is 0 Å². The van der Waals surface area contributed by atoms with Gasteiger partial charge in [-0.1, -0.05) is 12.1 Å². The van der Waals surface area contributed by atoms with E-state index in [1.54, 1.807) is 42.9 Å². The molecule has 0 bridgehead atoms. The van der Waals surface area contributed by atoms with Crippen LogP contribution in [0.5, 0.6) is 5.75 Å². The fraction of sp³-hybridized carbons (Fsp3) is 0.200. The average molecular weight is 380 g/mol. The normalized spacial score (nSPS) is 15.2. The third-order valence-electron chi connectivity index (χ3n) is 4.60. The lowest BCUT2D eigenvalue weighted by Gasteiger charge is -2.14. The summed E-state index contributed by atoms with van der Waals surface area (Å²) in [5, 5.41) is 17.7. The van der Waals surface area contributed by atoms with E-state index in [0.717, 1.165) is 5.69 Å². The molecule has 0 saturated heterocycles. The summed E-state index contributed by atoms with van der Waals surface area (Å²) in [6.07, 6.45) is -0.262. The molecule has 1 N–H and O–H groups in total. The van der Waals surface area contributed by atoms with Gasteiger partial charge in [-0.3, -0.25) is 14.4 Å². The molecule has 1 aliphatic rings. The molecule has 4 rings (SSSR count). The van der Waals surface area contributed by atoms with E-state index in [4.69, 9.17) is 4.74 Å². The highest BCUT2D eigenvalue weighted by atomic mass is 19.1. The Kier molecular flexibility index (Phi) is 4.38. The molecule has 0 amide bonds. The molecule has 2 aromatic carbocycles. The highest BCUT2D eigenvalue weighted by Crippen LogP contribution is 2.34. The molecule has 0 unspecified atom stereocenters. The highest BCUT2D eigenvalue weighted by Gasteiger charge is 2.29. The van der Waals surface area contributed by atoms with Gasteiger partial charge in [0.05, 0.1) is 24.9 Å². The number of halogens is 1. The molecule has 1 aliphatic heterocycles. The topological polar surface area (TPSA) is 89.6 Å². The summed E-state index contributed by atoms with van der Waals surface area (Å²) in [6.45, 7) is 1.79. The molecule has 0 aliphatic carbocycles. The van der Waals surface area contributed by atoms with Crippen LogP contribution in [0.4, 0.5) is 4.39 Å². The van der Waals surface area contributed by atoms with E-state index in [-0.39, 0.29) is 6.42 Å². The van der Waals surface area contributed by atoms with E-state index in [2.05, 4.69) is 15.2 Å². The number of hydrogen-bond acceptors (Lipinski definition) is 5. The molecule has 0 radical (unpaired) electrons. The molecule has 0 saturated carbocycles. The Morgan fingerprint density at radius 1 is 1.25 bits per heavy atom. The largest absolute Gasteiger partial charge is 0.497 e. The molecule has 1 aromatic heterocycles. The molecular weight excluding hydrogens is 363 g/mol. The summed E-state index contributed by atoms with van der Waals surface area (Å²) < 4.78 is 21.1. The zero-order chi connectivity index (χ0) is 19.8. The highest BCUT2D eigenvalue weighted by molar-refractivity contribution is 6.15. The predicted molar refractivity (Wildman–Crippen MR) is 99.7 cm³/mol. The predicted octanol–water partition coefficient (Wildman–Crippen LogP) is 3.09. The maximum atomic E-state index is 13.9. The zero-order valence-corrected chi connectivity index (χ0v) is 15.3. The first-order valence-electron chi connectivity index (χ1n) is 8.64. The first-order chi connectivity index (χ1) is 13.5. The number of carboxylic acid groups (broad SMARTS) is 1. The maximum absolute atomic E-state index is 13.9. The number of aliphatic carboxylic acids is 1. The number of aliphatic imine (C=N–C) groups is 1. The number of carbonyl (C=O) groups is 1. The third kappa shape index (κ3) is 3.02. The number of benzene rings is 2. The van der Waals surface area contributed by atoms with Crippen LogP contribution < -0.4 is 4.74 Å². The Morgan fingerprint density at radius 2 is 2.07 bits per heavy atom. The van der Waals surface area contributed by atoms with Crippen LogP contribution >= 0.6 is 0 Å². The van der Waals surface area contributed by atoms with Crippen LogP contribution in [0.15, 0.2) is 47.5 Å². The standard InChI is InChI=1S/C20H17FN4O3/c1-11-23-24-20-16(10-18(26)27)22-19(12-4-3-5-13(21)8-12)15-9-14(28-2)6-7-17(15)25(11)20/h3-9,16H,10H2,1-2H3,(H,26,27)/t16-/m0/s1. The van der Waals surface area contributed by atoms with Crippen LogP contribution in [0.2, 0.25) is 0 Å². The van der Waals surface area contributed by atoms with Gasteiger partial charge in [0.15, 0.2) is 5.82 Å². The van der Waals surface area contributed by atoms with Crippen LogP contribution in [0.25, 0.3) is 5.69 Å². The van der Waals surface area contributed by atoms with Gasteiger partial charge in [0, 0.05) is 11.1 Å². The molecule has 0 spiro atoms. The number of ether oxygens (including phenoxy) is 1. The maximum Gasteiger partial charge on any atom is 0.306 e. The monoisotopic (exact) mass is 380 g/mol. The van der Waals surface area contributed by atoms with Crippen molar-refractivity contribution >= 4 is 11.7 Å². The van der Waals surface area contributed by atoms with Crippen LogP contribution in [0.1, 0.15) is 35.2 Å². The molecule has 7 nitrogen and oxygen atoms in total. The molecule has 2 heterocycles. The number of nitrogens with zero attached hydrogens (tertiary/aromatic N) is 4. The number of carboxylic acids is 1. The Hall–Kier alpha value is -3.55. The Bertz CT molecular complexity index is 1110. The summed E-state index contributed by atoms with van der Waals surface area (Å²) in [7, 11) is 1.56. The fourth-order valence-electron chi connectivity index (χ4n) is 3.37. The number of rotatable bonds is 4. The van der Waals surface area contributed by atoms with Crippen LogP contribution in [0, 0.1) is 12.7 Å². The lowest BCUT2D eigenvalue weighted by molar-refractivity contribution is -0.137. The van der Waals surface area contributed by atoms with Crippen LogP contribution in [-0.4, -0.2) is 38.7 Å². The summed E-state index contributed by atoms with van der Waals surface area (Å²) in [5.41, 5.74) is 2.43. The lowest BCUT2D eigenvalue weighted by Crippen LogP contribution is -2.10. The van der Waals surface area contributed by atoms with Gasteiger partial charge in [0.1, 0.15) is 23.4 Å². The lowest BCUT2D eigenvalue weighted by atomic mass is 9.99. The van der Waals surface area contributed by atoms with Crippen molar-refractivity contribution < 1.29 is 19.0 Å². The first kappa shape index (κ1) is 17.8. The fourth-order valence-corrected chi connectivity index (χ4v) is 3.37. The quantitative estimate of drug-likeness (QED) is 0.751.